The molecule has 0 unspecified atom stereocenters. The normalized spacial score (nSPS) is 10.6. The van der Waals surface area contributed by atoms with Gasteiger partial charge in [-0.05, 0) is 31.5 Å². The number of carbonyl (C=O) groups excluding carboxylic acids is 2. The summed E-state index contributed by atoms with van der Waals surface area (Å²) in [4.78, 5) is 25.3. The highest BCUT2D eigenvalue weighted by Gasteiger charge is 2.10. The molecule has 0 saturated carbocycles. The molecule has 1 aromatic carbocycles. The first-order valence-electron chi connectivity index (χ1n) is 7.95. The van der Waals surface area contributed by atoms with Crippen LogP contribution in [0.4, 0.5) is 5.69 Å². The molecule has 0 aliphatic rings. The SMILES string of the molecule is Cc1noc(C)c1CSCC(=O)Nc1ccc(CC(=O)N(C)C)cc1. The van der Waals surface area contributed by atoms with Crippen LogP contribution >= 0.6 is 11.8 Å². The molecule has 0 spiro atoms. The van der Waals surface area contributed by atoms with Gasteiger partial charge < -0.3 is 14.7 Å². The maximum Gasteiger partial charge on any atom is 0.234 e. The summed E-state index contributed by atoms with van der Waals surface area (Å²) in [6, 6.07) is 7.34. The second kappa shape index (κ2) is 8.71. The Labute approximate surface area is 151 Å². The van der Waals surface area contributed by atoms with Gasteiger partial charge in [0.05, 0.1) is 17.9 Å². The highest BCUT2D eigenvalue weighted by molar-refractivity contribution is 7.99. The highest BCUT2D eigenvalue weighted by atomic mass is 32.2. The second-order valence-electron chi connectivity index (χ2n) is 6.01. The Morgan fingerprint density at radius 1 is 1.20 bits per heavy atom. The van der Waals surface area contributed by atoms with Gasteiger partial charge in [0.15, 0.2) is 0 Å². The zero-order chi connectivity index (χ0) is 18.4. The monoisotopic (exact) mass is 361 g/mol. The van der Waals surface area contributed by atoms with Crippen LogP contribution in [0.15, 0.2) is 28.8 Å². The first-order valence-corrected chi connectivity index (χ1v) is 9.10. The number of amides is 2. The van der Waals surface area contributed by atoms with Crippen LogP contribution in [0.5, 0.6) is 0 Å². The molecule has 2 aromatic rings. The van der Waals surface area contributed by atoms with Crippen LogP contribution in [-0.4, -0.2) is 41.7 Å². The third kappa shape index (κ3) is 5.63. The van der Waals surface area contributed by atoms with Crippen LogP contribution in [0.2, 0.25) is 0 Å². The largest absolute Gasteiger partial charge is 0.361 e. The van der Waals surface area contributed by atoms with E-state index in [1.807, 2.05) is 38.1 Å². The van der Waals surface area contributed by atoms with Crippen molar-refractivity contribution in [2.24, 2.45) is 0 Å². The first-order chi connectivity index (χ1) is 11.9. The zero-order valence-corrected chi connectivity index (χ0v) is 15.8. The van der Waals surface area contributed by atoms with Gasteiger partial charge in [0.25, 0.3) is 0 Å². The van der Waals surface area contributed by atoms with Crippen molar-refractivity contribution in [1.82, 2.24) is 10.1 Å². The predicted octanol–water partition coefficient (Wildman–Crippen LogP) is 2.79. The minimum absolute atomic E-state index is 0.0486. The number of anilines is 1. The third-order valence-electron chi connectivity index (χ3n) is 3.75. The standard InChI is InChI=1S/C18H23N3O3S/c1-12-16(13(2)24-20-12)10-25-11-17(22)19-15-7-5-14(6-8-15)9-18(23)21(3)4/h5-8H,9-11H2,1-4H3,(H,19,22). The average Bonchev–Trinajstić information content (AvgIpc) is 2.88. The Morgan fingerprint density at radius 3 is 2.44 bits per heavy atom. The van der Waals surface area contributed by atoms with E-state index in [1.165, 1.54) is 11.8 Å². The second-order valence-corrected chi connectivity index (χ2v) is 6.99. The Morgan fingerprint density at radius 2 is 1.88 bits per heavy atom. The number of aryl methyl sites for hydroxylation is 2. The minimum Gasteiger partial charge on any atom is -0.361 e. The molecule has 0 bridgehead atoms. The lowest BCUT2D eigenvalue weighted by Crippen LogP contribution is -2.23. The Balaban J connectivity index is 1.79. The van der Waals surface area contributed by atoms with Gasteiger partial charge in [0.1, 0.15) is 5.76 Å². The van der Waals surface area contributed by atoms with Gasteiger partial charge in [-0.1, -0.05) is 17.3 Å². The molecule has 0 aliphatic heterocycles. The summed E-state index contributed by atoms with van der Waals surface area (Å²) < 4.78 is 5.11. The van der Waals surface area contributed by atoms with E-state index in [-0.39, 0.29) is 11.8 Å². The predicted molar refractivity (Wildman–Crippen MR) is 99.6 cm³/mol. The number of hydrogen-bond acceptors (Lipinski definition) is 5. The Bertz CT molecular complexity index is 719. The average molecular weight is 361 g/mol. The number of thioether (sulfide) groups is 1. The van der Waals surface area contributed by atoms with Crippen molar-refractivity contribution in [2.75, 3.05) is 25.2 Å². The van der Waals surface area contributed by atoms with Crippen molar-refractivity contribution in [3.63, 3.8) is 0 Å². The fourth-order valence-electron chi connectivity index (χ4n) is 2.19. The third-order valence-corrected chi connectivity index (χ3v) is 4.71. The van der Waals surface area contributed by atoms with Crippen LogP contribution in [0, 0.1) is 13.8 Å². The van der Waals surface area contributed by atoms with E-state index >= 15 is 0 Å². The smallest absolute Gasteiger partial charge is 0.234 e. The first kappa shape index (κ1) is 19.1. The lowest BCUT2D eigenvalue weighted by Gasteiger charge is -2.10. The number of carbonyl (C=O) groups is 2. The number of likely N-dealkylation sites (N-methyl/N-ethyl adjacent to an activating group) is 1. The number of benzene rings is 1. The summed E-state index contributed by atoms with van der Waals surface area (Å²) >= 11 is 1.52. The van der Waals surface area contributed by atoms with Gasteiger partial charge in [0.2, 0.25) is 11.8 Å². The molecule has 134 valence electrons. The molecule has 0 aliphatic carbocycles. The van der Waals surface area contributed by atoms with E-state index in [4.69, 9.17) is 4.52 Å². The summed E-state index contributed by atoms with van der Waals surface area (Å²) in [6.45, 7) is 3.77. The Kier molecular flexibility index (Phi) is 6.64. The van der Waals surface area contributed by atoms with Gasteiger partial charge >= 0.3 is 0 Å². The molecular weight excluding hydrogens is 338 g/mol. The van der Waals surface area contributed by atoms with Crippen LogP contribution in [0.3, 0.4) is 0 Å². The summed E-state index contributed by atoms with van der Waals surface area (Å²) in [6.07, 6.45) is 0.356. The maximum atomic E-state index is 12.0. The molecule has 1 heterocycles. The number of nitrogens with one attached hydrogen (secondary N) is 1. The van der Waals surface area contributed by atoms with Crippen molar-refractivity contribution in [1.29, 1.82) is 0 Å². The zero-order valence-electron chi connectivity index (χ0n) is 15.0. The number of aromatic nitrogens is 1. The van der Waals surface area contributed by atoms with E-state index in [1.54, 1.807) is 19.0 Å². The number of rotatable bonds is 7. The lowest BCUT2D eigenvalue weighted by atomic mass is 10.1. The van der Waals surface area contributed by atoms with Gasteiger partial charge in [-0.15, -0.1) is 11.8 Å². The number of nitrogens with zero attached hydrogens (tertiary/aromatic N) is 2. The van der Waals surface area contributed by atoms with Crippen molar-refractivity contribution < 1.29 is 14.1 Å². The lowest BCUT2D eigenvalue weighted by molar-refractivity contribution is -0.128. The topological polar surface area (TPSA) is 75.4 Å². The molecular formula is C18H23N3O3S. The Hall–Kier alpha value is -2.28. The molecule has 0 fully saturated rings. The molecule has 6 nitrogen and oxygen atoms in total. The molecule has 0 atom stereocenters. The van der Waals surface area contributed by atoms with Crippen molar-refractivity contribution >= 4 is 29.3 Å². The van der Waals surface area contributed by atoms with Crippen LogP contribution < -0.4 is 5.32 Å². The molecule has 0 radical (unpaired) electrons. The van der Waals surface area contributed by atoms with Crippen molar-refractivity contribution in [3.05, 3.63) is 46.8 Å². The quantitative estimate of drug-likeness (QED) is 0.821. The molecule has 1 aromatic heterocycles. The summed E-state index contributed by atoms with van der Waals surface area (Å²) in [5.41, 5.74) is 3.56. The fourth-order valence-corrected chi connectivity index (χ4v) is 3.17. The molecule has 25 heavy (non-hydrogen) atoms. The van der Waals surface area contributed by atoms with Crippen LogP contribution in [-0.2, 0) is 21.8 Å². The highest BCUT2D eigenvalue weighted by Crippen LogP contribution is 2.19. The summed E-state index contributed by atoms with van der Waals surface area (Å²) in [7, 11) is 3.47. The van der Waals surface area contributed by atoms with E-state index in [9.17, 15) is 9.59 Å². The number of hydrogen-bond donors (Lipinski definition) is 1. The van der Waals surface area contributed by atoms with Crippen molar-refractivity contribution in [3.8, 4) is 0 Å². The van der Waals surface area contributed by atoms with Gasteiger partial charge in [-0.25, -0.2) is 0 Å². The molecule has 1 N–H and O–H groups in total. The van der Waals surface area contributed by atoms with Crippen LogP contribution in [0.25, 0.3) is 0 Å². The summed E-state index contributed by atoms with van der Waals surface area (Å²) in [5.74, 6) is 1.83. The van der Waals surface area contributed by atoms with Gasteiger partial charge in [-0.2, -0.15) is 0 Å². The van der Waals surface area contributed by atoms with Crippen molar-refractivity contribution in [2.45, 2.75) is 26.0 Å². The molecule has 2 rings (SSSR count). The van der Waals surface area contributed by atoms with Gasteiger partial charge in [0, 0.05) is 31.1 Å². The van der Waals surface area contributed by atoms with Gasteiger partial charge in [-0.3, -0.25) is 9.59 Å². The van der Waals surface area contributed by atoms with E-state index in [0.29, 0.717) is 17.9 Å². The van der Waals surface area contributed by atoms with E-state index < -0.39 is 0 Å². The van der Waals surface area contributed by atoms with Crippen LogP contribution in [0.1, 0.15) is 22.6 Å². The van der Waals surface area contributed by atoms with E-state index in [0.717, 1.165) is 28.3 Å². The van der Waals surface area contributed by atoms with E-state index in [2.05, 4.69) is 10.5 Å². The minimum atomic E-state index is -0.0612. The maximum absolute atomic E-state index is 12.0. The molecule has 2 amide bonds. The molecule has 0 saturated heterocycles. The molecule has 7 heteroatoms. The fraction of sp³-hybridized carbons (Fsp3) is 0.389. The summed E-state index contributed by atoms with van der Waals surface area (Å²) in [5, 5.41) is 6.77.